The fourth-order valence-electron chi connectivity index (χ4n) is 2.23. The zero-order valence-corrected chi connectivity index (χ0v) is 12.6. The third-order valence-electron chi connectivity index (χ3n) is 3.26. The highest BCUT2D eigenvalue weighted by Crippen LogP contribution is 2.30. The van der Waals surface area contributed by atoms with Gasteiger partial charge >= 0.3 is 0 Å². The Morgan fingerprint density at radius 2 is 2.14 bits per heavy atom. The van der Waals surface area contributed by atoms with Crippen molar-refractivity contribution in [1.82, 2.24) is 15.3 Å². The standard InChI is InChI=1S/C16H17N3OS/c1-17-9-7-15(16-19-10-11-21-16)20-14-6-2-5-13-12(14)4-3-8-18-13/h2-6,8,10-11,15,17H,7,9H2,1H3/t15-/m1/s1. The Labute approximate surface area is 127 Å². The molecule has 0 amide bonds. The maximum absolute atomic E-state index is 6.24. The third kappa shape index (κ3) is 3.20. The molecule has 1 aromatic carbocycles. The van der Waals surface area contributed by atoms with Crippen LogP contribution < -0.4 is 10.1 Å². The molecule has 3 aromatic rings. The second-order valence-electron chi connectivity index (χ2n) is 4.70. The van der Waals surface area contributed by atoms with Crippen molar-refractivity contribution in [3.63, 3.8) is 0 Å². The molecule has 0 saturated heterocycles. The van der Waals surface area contributed by atoms with Gasteiger partial charge in [-0.25, -0.2) is 4.98 Å². The fourth-order valence-corrected chi connectivity index (χ4v) is 2.93. The Bertz CT molecular complexity index is 694. The number of rotatable bonds is 6. The van der Waals surface area contributed by atoms with E-state index in [4.69, 9.17) is 4.74 Å². The van der Waals surface area contributed by atoms with Crippen LogP contribution in [0.25, 0.3) is 10.9 Å². The minimum absolute atomic E-state index is 0.0387. The molecule has 5 heteroatoms. The van der Waals surface area contributed by atoms with Crippen LogP contribution in [0, 0.1) is 0 Å². The molecule has 108 valence electrons. The van der Waals surface area contributed by atoms with Crippen LogP contribution in [0.15, 0.2) is 48.1 Å². The van der Waals surface area contributed by atoms with Crippen LogP contribution in [0.2, 0.25) is 0 Å². The second kappa shape index (κ2) is 6.65. The van der Waals surface area contributed by atoms with Crippen LogP contribution >= 0.6 is 11.3 Å². The highest BCUT2D eigenvalue weighted by atomic mass is 32.1. The van der Waals surface area contributed by atoms with E-state index in [2.05, 4.69) is 15.3 Å². The van der Waals surface area contributed by atoms with E-state index in [1.54, 1.807) is 17.5 Å². The lowest BCUT2D eigenvalue weighted by Crippen LogP contribution is -2.16. The van der Waals surface area contributed by atoms with Crippen molar-refractivity contribution in [3.05, 3.63) is 53.1 Å². The molecule has 1 N–H and O–H groups in total. The quantitative estimate of drug-likeness (QED) is 0.757. The van der Waals surface area contributed by atoms with Gasteiger partial charge in [-0.15, -0.1) is 11.3 Å². The molecular formula is C16H17N3OS. The van der Waals surface area contributed by atoms with Crippen LogP contribution in [0.3, 0.4) is 0 Å². The number of ether oxygens (including phenoxy) is 1. The van der Waals surface area contributed by atoms with E-state index in [-0.39, 0.29) is 6.10 Å². The van der Waals surface area contributed by atoms with Crippen molar-refractivity contribution in [2.75, 3.05) is 13.6 Å². The first-order chi connectivity index (χ1) is 10.4. The van der Waals surface area contributed by atoms with Gasteiger partial charge < -0.3 is 10.1 Å². The second-order valence-corrected chi connectivity index (χ2v) is 5.62. The molecule has 0 aliphatic rings. The summed E-state index contributed by atoms with van der Waals surface area (Å²) in [6.07, 6.45) is 4.45. The Balaban J connectivity index is 1.90. The van der Waals surface area contributed by atoms with E-state index >= 15 is 0 Å². The van der Waals surface area contributed by atoms with Gasteiger partial charge in [0.25, 0.3) is 0 Å². The number of aromatic nitrogens is 2. The minimum atomic E-state index is -0.0387. The molecule has 0 saturated carbocycles. The van der Waals surface area contributed by atoms with Gasteiger partial charge in [0.2, 0.25) is 0 Å². The zero-order chi connectivity index (χ0) is 14.5. The first-order valence-corrected chi connectivity index (χ1v) is 7.81. The topological polar surface area (TPSA) is 47.0 Å². The molecule has 2 heterocycles. The van der Waals surface area contributed by atoms with E-state index in [1.165, 1.54) is 0 Å². The molecule has 0 bridgehead atoms. The van der Waals surface area contributed by atoms with E-state index < -0.39 is 0 Å². The number of benzene rings is 1. The summed E-state index contributed by atoms with van der Waals surface area (Å²) < 4.78 is 6.24. The molecule has 4 nitrogen and oxygen atoms in total. The number of hydrogen-bond acceptors (Lipinski definition) is 5. The molecule has 0 spiro atoms. The molecule has 2 aromatic heterocycles. The molecule has 0 radical (unpaired) electrons. The molecule has 1 atom stereocenters. The van der Waals surface area contributed by atoms with Gasteiger partial charge in [-0.3, -0.25) is 4.98 Å². The highest BCUT2D eigenvalue weighted by molar-refractivity contribution is 7.09. The summed E-state index contributed by atoms with van der Waals surface area (Å²) in [5.41, 5.74) is 0.946. The predicted octanol–water partition coefficient (Wildman–Crippen LogP) is 3.42. The SMILES string of the molecule is CNCC[C@@H](Oc1cccc2ncccc12)c1nccs1. The Morgan fingerprint density at radius 1 is 1.19 bits per heavy atom. The van der Waals surface area contributed by atoms with Crippen LogP contribution in [-0.2, 0) is 0 Å². The molecular weight excluding hydrogens is 282 g/mol. The number of thiazole rings is 1. The van der Waals surface area contributed by atoms with Gasteiger partial charge in [0.05, 0.1) is 5.52 Å². The molecule has 3 rings (SSSR count). The Hall–Kier alpha value is -1.98. The number of fused-ring (bicyclic) bond motifs is 1. The molecule has 0 aliphatic heterocycles. The number of hydrogen-bond donors (Lipinski definition) is 1. The Kier molecular flexibility index (Phi) is 4.43. The van der Waals surface area contributed by atoms with Gasteiger partial charge in [-0.05, 0) is 37.9 Å². The normalized spacial score (nSPS) is 12.4. The third-order valence-corrected chi connectivity index (χ3v) is 4.13. The number of pyridine rings is 1. The average molecular weight is 299 g/mol. The Morgan fingerprint density at radius 3 is 2.95 bits per heavy atom. The summed E-state index contributed by atoms with van der Waals surface area (Å²) in [7, 11) is 1.95. The summed E-state index contributed by atoms with van der Waals surface area (Å²) in [5.74, 6) is 0.858. The summed E-state index contributed by atoms with van der Waals surface area (Å²) >= 11 is 1.63. The largest absolute Gasteiger partial charge is 0.482 e. The maximum atomic E-state index is 6.24. The lowest BCUT2D eigenvalue weighted by molar-refractivity contribution is 0.197. The first kappa shape index (κ1) is 14.0. The highest BCUT2D eigenvalue weighted by Gasteiger charge is 2.17. The van der Waals surface area contributed by atoms with Gasteiger partial charge in [0, 0.05) is 29.6 Å². The van der Waals surface area contributed by atoms with Crippen molar-refractivity contribution in [3.8, 4) is 5.75 Å². The zero-order valence-electron chi connectivity index (χ0n) is 11.8. The maximum Gasteiger partial charge on any atom is 0.151 e. The molecule has 21 heavy (non-hydrogen) atoms. The van der Waals surface area contributed by atoms with Crippen LogP contribution in [0.5, 0.6) is 5.75 Å². The smallest absolute Gasteiger partial charge is 0.151 e. The van der Waals surface area contributed by atoms with Gasteiger partial charge in [0.15, 0.2) is 6.10 Å². The van der Waals surface area contributed by atoms with E-state index in [0.29, 0.717) is 0 Å². The predicted molar refractivity (Wildman–Crippen MR) is 85.8 cm³/mol. The molecule has 0 unspecified atom stereocenters. The van der Waals surface area contributed by atoms with Crippen LogP contribution in [0.1, 0.15) is 17.5 Å². The van der Waals surface area contributed by atoms with Gasteiger partial charge in [-0.2, -0.15) is 0 Å². The number of nitrogens with zero attached hydrogens (tertiary/aromatic N) is 2. The molecule has 0 aliphatic carbocycles. The fraction of sp³-hybridized carbons (Fsp3) is 0.250. The first-order valence-electron chi connectivity index (χ1n) is 6.93. The van der Waals surface area contributed by atoms with Crippen molar-refractivity contribution >= 4 is 22.2 Å². The summed E-state index contributed by atoms with van der Waals surface area (Å²) in [6.45, 7) is 0.882. The van der Waals surface area contributed by atoms with Crippen molar-refractivity contribution in [2.45, 2.75) is 12.5 Å². The summed E-state index contributed by atoms with van der Waals surface area (Å²) in [4.78, 5) is 8.76. The van der Waals surface area contributed by atoms with Crippen LogP contribution in [0.4, 0.5) is 0 Å². The lowest BCUT2D eigenvalue weighted by Gasteiger charge is -2.18. The van der Waals surface area contributed by atoms with Crippen molar-refractivity contribution < 1.29 is 4.74 Å². The summed E-state index contributed by atoms with van der Waals surface area (Å²) in [5, 5.41) is 7.19. The van der Waals surface area contributed by atoms with E-state index in [0.717, 1.165) is 34.6 Å². The summed E-state index contributed by atoms with van der Waals surface area (Å²) in [6, 6.07) is 9.93. The van der Waals surface area contributed by atoms with Gasteiger partial charge in [0.1, 0.15) is 10.8 Å². The van der Waals surface area contributed by atoms with Crippen molar-refractivity contribution in [1.29, 1.82) is 0 Å². The monoisotopic (exact) mass is 299 g/mol. The number of nitrogens with one attached hydrogen (secondary N) is 1. The average Bonchev–Trinajstić information content (AvgIpc) is 3.06. The molecule has 0 fully saturated rings. The van der Waals surface area contributed by atoms with Crippen molar-refractivity contribution in [2.24, 2.45) is 0 Å². The van der Waals surface area contributed by atoms with E-state index in [1.807, 2.05) is 49.0 Å². The van der Waals surface area contributed by atoms with Crippen LogP contribution in [-0.4, -0.2) is 23.6 Å². The minimum Gasteiger partial charge on any atom is -0.482 e. The lowest BCUT2D eigenvalue weighted by atomic mass is 10.2. The van der Waals surface area contributed by atoms with E-state index in [9.17, 15) is 0 Å². The van der Waals surface area contributed by atoms with Gasteiger partial charge in [-0.1, -0.05) is 6.07 Å².